The number of hydrogen-bond donors (Lipinski definition) is 2. The van der Waals surface area contributed by atoms with E-state index in [4.69, 9.17) is 5.11 Å². The molecule has 0 fully saturated rings. The van der Waals surface area contributed by atoms with Gasteiger partial charge in [-0.25, -0.2) is 4.68 Å². The second-order valence-electron chi connectivity index (χ2n) is 4.89. The average molecular weight is 305 g/mol. The summed E-state index contributed by atoms with van der Waals surface area (Å²) < 4.78 is 1.78. The number of anilines is 1. The Labute approximate surface area is 128 Å². The van der Waals surface area contributed by atoms with Crippen molar-refractivity contribution in [2.45, 2.75) is 31.4 Å². The maximum atomic E-state index is 12.0. The highest BCUT2D eigenvalue weighted by atomic mass is 32.2. The van der Waals surface area contributed by atoms with E-state index in [1.54, 1.807) is 16.9 Å². The van der Waals surface area contributed by atoms with E-state index in [1.807, 2.05) is 38.1 Å². The Bertz CT molecular complexity index is 593. The number of aromatic nitrogens is 2. The standard InChI is InChI=1S/C15H19N3O2S/c1-11(2)18-14(7-8-16-18)17-15(20)10-21-13-5-3-12(9-19)4-6-13/h3-8,11,19H,9-10H2,1-2H3,(H,17,20). The highest BCUT2D eigenvalue weighted by molar-refractivity contribution is 8.00. The molecule has 2 rings (SSSR count). The number of aliphatic hydroxyl groups excluding tert-OH is 1. The summed E-state index contributed by atoms with van der Waals surface area (Å²) in [5, 5.41) is 16.0. The van der Waals surface area contributed by atoms with Crippen LogP contribution in [0.5, 0.6) is 0 Å². The minimum Gasteiger partial charge on any atom is -0.392 e. The van der Waals surface area contributed by atoms with Gasteiger partial charge in [0.25, 0.3) is 0 Å². The summed E-state index contributed by atoms with van der Waals surface area (Å²) in [5.74, 6) is 0.988. The number of rotatable bonds is 6. The molecule has 0 aliphatic heterocycles. The fraction of sp³-hybridized carbons (Fsp3) is 0.333. The van der Waals surface area contributed by atoms with Crippen molar-refractivity contribution < 1.29 is 9.90 Å². The van der Waals surface area contributed by atoms with Crippen molar-refractivity contribution >= 4 is 23.5 Å². The Hall–Kier alpha value is -1.79. The molecule has 6 heteroatoms. The molecule has 0 radical (unpaired) electrons. The minimum absolute atomic E-state index is 0.0324. The molecule has 1 amide bonds. The Morgan fingerprint density at radius 2 is 2.05 bits per heavy atom. The van der Waals surface area contributed by atoms with Crippen LogP contribution in [0.2, 0.25) is 0 Å². The molecule has 2 N–H and O–H groups in total. The molecular formula is C15H19N3O2S. The van der Waals surface area contributed by atoms with Crippen LogP contribution in [-0.2, 0) is 11.4 Å². The van der Waals surface area contributed by atoms with Gasteiger partial charge in [-0.2, -0.15) is 5.10 Å². The summed E-state index contributed by atoms with van der Waals surface area (Å²) >= 11 is 1.46. The Kier molecular flexibility index (Phi) is 5.41. The quantitative estimate of drug-likeness (QED) is 0.805. The molecule has 1 heterocycles. The number of carbonyl (C=O) groups is 1. The molecule has 0 unspecified atom stereocenters. The minimum atomic E-state index is -0.0614. The first-order chi connectivity index (χ1) is 10.1. The van der Waals surface area contributed by atoms with Crippen LogP contribution in [0.4, 0.5) is 5.82 Å². The van der Waals surface area contributed by atoms with Gasteiger partial charge >= 0.3 is 0 Å². The number of nitrogens with one attached hydrogen (secondary N) is 1. The highest BCUT2D eigenvalue weighted by Gasteiger charge is 2.09. The van der Waals surface area contributed by atoms with Crippen molar-refractivity contribution in [3.63, 3.8) is 0 Å². The molecule has 0 spiro atoms. The largest absolute Gasteiger partial charge is 0.392 e. The lowest BCUT2D eigenvalue weighted by Crippen LogP contribution is -2.18. The van der Waals surface area contributed by atoms with E-state index < -0.39 is 0 Å². The van der Waals surface area contributed by atoms with Gasteiger partial charge in [0.15, 0.2) is 0 Å². The topological polar surface area (TPSA) is 67.2 Å². The first-order valence-electron chi connectivity index (χ1n) is 6.76. The predicted octanol–water partition coefficient (Wildman–Crippen LogP) is 2.69. The summed E-state index contributed by atoms with van der Waals surface area (Å²) in [5.41, 5.74) is 0.865. The van der Waals surface area contributed by atoms with Crippen LogP contribution in [0.15, 0.2) is 41.4 Å². The highest BCUT2D eigenvalue weighted by Crippen LogP contribution is 2.19. The van der Waals surface area contributed by atoms with E-state index in [9.17, 15) is 4.79 Å². The fourth-order valence-corrected chi connectivity index (χ4v) is 2.54. The van der Waals surface area contributed by atoms with Crippen LogP contribution in [0.1, 0.15) is 25.5 Å². The van der Waals surface area contributed by atoms with Gasteiger partial charge in [-0.3, -0.25) is 4.79 Å². The lowest BCUT2D eigenvalue weighted by molar-refractivity contribution is -0.113. The summed E-state index contributed by atoms with van der Waals surface area (Å²) in [6.45, 7) is 4.06. The van der Waals surface area contributed by atoms with Crippen molar-refractivity contribution in [2.24, 2.45) is 0 Å². The first kappa shape index (κ1) is 15.6. The Morgan fingerprint density at radius 3 is 2.67 bits per heavy atom. The lowest BCUT2D eigenvalue weighted by Gasteiger charge is -2.11. The molecule has 2 aromatic rings. The molecule has 0 aliphatic rings. The van der Waals surface area contributed by atoms with Crippen molar-refractivity contribution in [1.29, 1.82) is 0 Å². The summed E-state index contributed by atoms with van der Waals surface area (Å²) in [6.07, 6.45) is 1.68. The molecule has 1 aromatic carbocycles. The zero-order valence-electron chi connectivity index (χ0n) is 12.1. The summed E-state index contributed by atoms with van der Waals surface area (Å²) in [4.78, 5) is 13.0. The summed E-state index contributed by atoms with van der Waals surface area (Å²) in [7, 11) is 0. The van der Waals surface area contributed by atoms with E-state index in [0.717, 1.165) is 10.5 Å². The number of aliphatic hydroxyl groups is 1. The third-order valence-electron chi connectivity index (χ3n) is 2.90. The molecule has 21 heavy (non-hydrogen) atoms. The van der Waals surface area contributed by atoms with Gasteiger partial charge in [-0.15, -0.1) is 11.8 Å². The maximum absolute atomic E-state index is 12.0. The SMILES string of the molecule is CC(C)n1nccc1NC(=O)CSc1ccc(CO)cc1. The number of thioether (sulfide) groups is 1. The number of amides is 1. The van der Waals surface area contributed by atoms with E-state index >= 15 is 0 Å². The number of benzene rings is 1. The molecule has 0 bridgehead atoms. The van der Waals surface area contributed by atoms with Crippen molar-refractivity contribution in [1.82, 2.24) is 9.78 Å². The Morgan fingerprint density at radius 1 is 1.33 bits per heavy atom. The van der Waals surface area contributed by atoms with Crippen LogP contribution in [-0.4, -0.2) is 26.5 Å². The van der Waals surface area contributed by atoms with Gasteiger partial charge < -0.3 is 10.4 Å². The zero-order chi connectivity index (χ0) is 15.2. The van der Waals surface area contributed by atoms with Crippen LogP contribution in [0, 0.1) is 0 Å². The van der Waals surface area contributed by atoms with E-state index in [1.165, 1.54) is 11.8 Å². The van der Waals surface area contributed by atoms with Gasteiger partial charge in [-0.05, 0) is 31.5 Å². The van der Waals surface area contributed by atoms with Crippen LogP contribution in [0.3, 0.4) is 0 Å². The Balaban J connectivity index is 1.88. The average Bonchev–Trinajstić information content (AvgIpc) is 2.94. The van der Waals surface area contributed by atoms with Crippen molar-refractivity contribution in [2.75, 3.05) is 11.1 Å². The molecule has 1 aromatic heterocycles. The molecule has 0 aliphatic carbocycles. The first-order valence-corrected chi connectivity index (χ1v) is 7.74. The van der Waals surface area contributed by atoms with Gasteiger partial charge in [0.05, 0.1) is 18.6 Å². The molecule has 5 nitrogen and oxygen atoms in total. The summed E-state index contributed by atoms with van der Waals surface area (Å²) in [6, 6.07) is 9.51. The predicted molar refractivity (Wildman–Crippen MR) is 84.3 cm³/mol. The number of nitrogens with zero attached hydrogens (tertiary/aromatic N) is 2. The van der Waals surface area contributed by atoms with Crippen LogP contribution < -0.4 is 5.32 Å². The zero-order valence-corrected chi connectivity index (χ0v) is 12.9. The van der Waals surface area contributed by atoms with Gasteiger partial charge in [0.2, 0.25) is 5.91 Å². The second-order valence-corrected chi connectivity index (χ2v) is 5.94. The monoisotopic (exact) mass is 305 g/mol. The molecule has 112 valence electrons. The van der Waals surface area contributed by atoms with Crippen LogP contribution >= 0.6 is 11.8 Å². The van der Waals surface area contributed by atoms with Crippen LogP contribution in [0.25, 0.3) is 0 Å². The van der Waals surface area contributed by atoms with E-state index in [0.29, 0.717) is 11.6 Å². The van der Waals surface area contributed by atoms with Gasteiger partial charge in [0, 0.05) is 17.0 Å². The maximum Gasteiger partial charge on any atom is 0.235 e. The normalized spacial score (nSPS) is 10.9. The second kappa shape index (κ2) is 7.28. The fourth-order valence-electron chi connectivity index (χ4n) is 1.84. The molecule has 0 atom stereocenters. The van der Waals surface area contributed by atoms with E-state index in [2.05, 4.69) is 10.4 Å². The number of carbonyl (C=O) groups excluding carboxylic acids is 1. The van der Waals surface area contributed by atoms with Crippen molar-refractivity contribution in [3.05, 3.63) is 42.1 Å². The third kappa shape index (κ3) is 4.34. The van der Waals surface area contributed by atoms with Gasteiger partial charge in [0.1, 0.15) is 5.82 Å². The lowest BCUT2D eigenvalue weighted by atomic mass is 10.2. The smallest absolute Gasteiger partial charge is 0.235 e. The van der Waals surface area contributed by atoms with E-state index in [-0.39, 0.29) is 18.6 Å². The third-order valence-corrected chi connectivity index (χ3v) is 3.91. The van der Waals surface area contributed by atoms with Gasteiger partial charge in [-0.1, -0.05) is 12.1 Å². The number of hydrogen-bond acceptors (Lipinski definition) is 4. The molecular weight excluding hydrogens is 286 g/mol. The molecule has 0 saturated carbocycles. The molecule has 0 saturated heterocycles. The van der Waals surface area contributed by atoms with Crippen molar-refractivity contribution in [3.8, 4) is 0 Å².